The first kappa shape index (κ1) is 24.4. The molecule has 0 radical (unpaired) electrons. The Balaban J connectivity index is 1.94. The summed E-state index contributed by atoms with van der Waals surface area (Å²) < 4.78 is 77.5. The van der Waals surface area contributed by atoms with Crippen LogP contribution in [0.15, 0.2) is 18.3 Å². The van der Waals surface area contributed by atoms with Gasteiger partial charge in [0.2, 0.25) is 5.95 Å². The number of hydrogen-bond acceptors (Lipinski definition) is 7. The molecule has 1 amide bonds. The number of benzene rings is 1. The van der Waals surface area contributed by atoms with Gasteiger partial charge < -0.3 is 25.0 Å². The molecule has 3 rings (SSSR count). The van der Waals surface area contributed by atoms with Crippen LogP contribution in [0, 0.1) is 5.82 Å². The normalized spacial score (nSPS) is 14.2. The molecule has 1 aromatic heterocycles. The van der Waals surface area contributed by atoms with Gasteiger partial charge in [-0.05, 0) is 13.0 Å². The van der Waals surface area contributed by atoms with Crippen molar-refractivity contribution in [1.82, 2.24) is 14.9 Å². The predicted octanol–water partition coefficient (Wildman–Crippen LogP) is 3.63. The Morgan fingerprint density at radius 3 is 2.64 bits per heavy atom. The summed E-state index contributed by atoms with van der Waals surface area (Å²) in [6.07, 6.45) is -4.10. The van der Waals surface area contributed by atoms with E-state index in [4.69, 9.17) is 9.47 Å². The van der Waals surface area contributed by atoms with Crippen LogP contribution in [0.5, 0.6) is 5.75 Å². The highest BCUT2D eigenvalue weighted by Gasteiger charge is 2.35. The van der Waals surface area contributed by atoms with E-state index in [2.05, 4.69) is 20.6 Å². The summed E-state index contributed by atoms with van der Waals surface area (Å²) in [7, 11) is 0. The van der Waals surface area contributed by atoms with Crippen LogP contribution in [0.4, 0.5) is 39.4 Å². The lowest BCUT2D eigenvalue weighted by atomic mass is 10.1. The summed E-state index contributed by atoms with van der Waals surface area (Å²) in [4.78, 5) is 21.6. The molecule has 1 aromatic carbocycles. The molecule has 1 fully saturated rings. The van der Waals surface area contributed by atoms with Gasteiger partial charge in [-0.25, -0.2) is 13.8 Å². The van der Waals surface area contributed by atoms with Crippen molar-refractivity contribution >= 4 is 23.4 Å². The van der Waals surface area contributed by atoms with Crippen LogP contribution in [0.3, 0.4) is 0 Å². The summed E-state index contributed by atoms with van der Waals surface area (Å²) >= 11 is 0. The number of rotatable bonds is 8. The van der Waals surface area contributed by atoms with Gasteiger partial charge in [0.25, 0.3) is 5.91 Å². The SMILES string of the molecule is CCNc1nc(Nc2cc(F)c(C(=O)N3CCOCC3)cc2OCC[18F])ncc1C(F)(F)F. The third-order valence-corrected chi connectivity index (χ3v) is 4.62. The smallest absolute Gasteiger partial charge is 0.421 e. The molecule has 8 nitrogen and oxygen atoms in total. The van der Waals surface area contributed by atoms with Crippen LogP contribution in [0.1, 0.15) is 22.8 Å². The fourth-order valence-electron chi connectivity index (χ4n) is 3.09. The highest BCUT2D eigenvalue weighted by atomic mass is 19.4. The summed E-state index contributed by atoms with van der Waals surface area (Å²) in [5, 5.41) is 5.09. The molecule has 2 heterocycles. The van der Waals surface area contributed by atoms with Gasteiger partial charge in [-0.1, -0.05) is 0 Å². The zero-order valence-electron chi connectivity index (χ0n) is 17.6. The fraction of sp³-hybridized carbons (Fsp3) is 0.450. The number of amides is 1. The van der Waals surface area contributed by atoms with Gasteiger partial charge in [-0.15, -0.1) is 0 Å². The zero-order chi connectivity index (χ0) is 24.0. The second-order valence-electron chi connectivity index (χ2n) is 6.88. The van der Waals surface area contributed by atoms with Crippen molar-refractivity contribution in [2.75, 3.05) is 56.8 Å². The van der Waals surface area contributed by atoms with Gasteiger partial charge in [0.1, 0.15) is 36.2 Å². The number of nitrogens with one attached hydrogen (secondary N) is 2. The molecule has 1 aliphatic rings. The van der Waals surface area contributed by atoms with Gasteiger partial charge in [0.05, 0.1) is 24.5 Å². The Bertz CT molecular complexity index is 983. The van der Waals surface area contributed by atoms with Gasteiger partial charge in [0.15, 0.2) is 0 Å². The Hall–Kier alpha value is -3.22. The number of carbonyl (C=O) groups excluding carboxylic acids is 1. The van der Waals surface area contributed by atoms with Gasteiger partial charge >= 0.3 is 6.18 Å². The second kappa shape index (κ2) is 10.6. The number of nitrogens with zero attached hydrogens (tertiary/aromatic N) is 3. The molecule has 0 atom stereocenters. The Kier molecular flexibility index (Phi) is 7.84. The van der Waals surface area contributed by atoms with Crippen LogP contribution >= 0.6 is 0 Å². The highest BCUT2D eigenvalue weighted by Crippen LogP contribution is 2.35. The van der Waals surface area contributed by atoms with Gasteiger partial charge in [-0.3, -0.25) is 4.79 Å². The average molecular weight is 474 g/mol. The number of ether oxygens (including phenoxy) is 2. The summed E-state index contributed by atoms with van der Waals surface area (Å²) in [5.74, 6) is -2.32. The molecule has 1 saturated heterocycles. The van der Waals surface area contributed by atoms with E-state index in [0.29, 0.717) is 19.4 Å². The minimum atomic E-state index is -4.68. The first-order valence-corrected chi connectivity index (χ1v) is 10.1. The lowest BCUT2D eigenvalue weighted by molar-refractivity contribution is -0.137. The largest absolute Gasteiger partial charge is 0.489 e. The number of alkyl halides is 4. The van der Waals surface area contributed by atoms with Crippen LogP contribution in [-0.2, 0) is 10.9 Å². The lowest BCUT2D eigenvalue weighted by Crippen LogP contribution is -2.41. The number of anilines is 3. The molecule has 0 aliphatic carbocycles. The van der Waals surface area contributed by atoms with Crippen molar-refractivity contribution in [1.29, 1.82) is 0 Å². The monoisotopic (exact) mass is 474 g/mol. The van der Waals surface area contributed by atoms with E-state index in [1.165, 1.54) is 4.90 Å². The average Bonchev–Trinajstić information content (AvgIpc) is 2.78. The van der Waals surface area contributed by atoms with Crippen LogP contribution < -0.4 is 15.4 Å². The van der Waals surface area contributed by atoms with E-state index < -0.39 is 36.0 Å². The lowest BCUT2D eigenvalue weighted by Gasteiger charge is -2.27. The fourth-order valence-corrected chi connectivity index (χ4v) is 3.09. The maximum Gasteiger partial charge on any atom is 0.421 e. The molecule has 2 N–H and O–H groups in total. The van der Waals surface area contributed by atoms with Crippen LogP contribution in [-0.4, -0.2) is 66.9 Å². The number of hydrogen-bond donors (Lipinski definition) is 2. The molecule has 33 heavy (non-hydrogen) atoms. The van der Waals surface area contributed by atoms with Crippen LogP contribution in [0.2, 0.25) is 0 Å². The number of carbonyl (C=O) groups is 1. The zero-order valence-corrected chi connectivity index (χ0v) is 17.6. The molecule has 1 aliphatic heterocycles. The van der Waals surface area contributed by atoms with E-state index in [9.17, 15) is 26.7 Å². The minimum Gasteiger partial charge on any atom is -0.489 e. The van der Waals surface area contributed by atoms with E-state index in [1.807, 2.05) is 0 Å². The Morgan fingerprint density at radius 1 is 1.27 bits per heavy atom. The third-order valence-electron chi connectivity index (χ3n) is 4.62. The van der Waals surface area contributed by atoms with Crippen molar-refractivity contribution in [3.05, 3.63) is 35.3 Å². The molecule has 0 spiro atoms. The molecule has 13 heteroatoms. The maximum atomic E-state index is 14.8. The van der Waals surface area contributed by atoms with Gasteiger partial charge in [0, 0.05) is 31.9 Å². The molecular formula is C20H22F5N5O3. The number of halogens is 5. The van der Waals surface area contributed by atoms with Crippen molar-refractivity contribution in [3.8, 4) is 5.75 Å². The number of morpholine rings is 1. The first-order valence-electron chi connectivity index (χ1n) is 10.1. The standard InChI is InChI=1S/C20H22F5N5O3/c1-2-26-17-13(20(23,24)25)11-27-19(29-17)28-15-10-14(22)12(9-16(15)33-6-3-21)18(31)30-4-7-32-8-5-30/h9-11H,2-8H2,1H3,(H2,26,27,28,29)/i21-1. The Morgan fingerprint density at radius 2 is 2.00 bits per heavy atom. The molecule has 2 aromatic rings. The van der Waals surface area contributed by atoms with Gasteiger partial charge in [-0.2, -0.15) is 18.2 Å². The van der Waals surface area contributed by atoms with Crippen molar-refractivity contribution in [3.63, 3.8) is 0 Å². The van der Waals surface area contributed by atoms with Crippen molar-refractivity contribution in [2.24, 2.45) is 0 Å². The predicted molar refractivity (Wildman–Crippen MR) is 109 cm³/mol. The van der Waals surface area contributed by atoms with E-state index >= 15 is 0 Å². The molecular weight excluding hydrogens is 452 g/mol. The molecule has 0 saturated carbocycles. The molecule has 0 bridgehead atoms. The first-order chi connectivity index (χ1) is 15.7. The summed E-state index contributed by atoms with van der Waals surface area (Å²) in [6.45, 7) is 1.72. The minimum absolute atomic E-state index is 0.0818. The molecule has 180 valence electrons. The maximum absolute atomic E-state index is 14.8. The van der Waals surface area contributed by atoms with E-state index in [1.54, 1.807) is 6.92 Å². The molecule has 0 unspecified atom stereocenters. The van der Waals surface area contributed by atoms with Crippen LogP contribution in [0.25, 0.3) is 0 Å². The van der Waals surface area contributed by atoms with E-state index in [-0.39, 0.29) is 49.2 Å². The Labute approximate surface area is 186 Å². The number of aromatic nitrogens is 2. The topological polar surface area (TPSA) is 88.6 Å². The third kappa shape index (κ3) is 5.97. The summed E-state index contributed by atoms with van der Waals surface area (Å²) in [5.41, 5.74) is -1.44. The van der Waals surface area contributed by atoms with Crippen molar-refractivity contribution < 1.29 is 36.2 Å². The quantitative estimate of drug-likeness (QED) is 0.565. The summed E-state index contributed by atoms with van der Waals surface area (Å²) in [6, 6.07) is 2.04. The second-order valence-corrected chi connectivity index (χ2v) is 6.88. The highest BCUT2D eigenvalue weighted by molar-refractivity contribution is 5.96. The van der Waals surface area contributed by atoms with Crippen molar-refractivity contribution in [2.45, 2.75) is 13.1 Å². The van der Waals surface area contributed by atoms with E-state index in [0.717, 1.165) is 12.1 Å².